The van der Waals surface area contributed by atoms with Gasteiger partial charge < -0.3 is 16.3 Å². The third-order valence-corrected chi connectivity index (χ3v) is 3.97. The summed E-state index contributed by atoms with van der Waals surface area (Å²) in [6, 6.07) is 0. The first-order valence-electron chi connectivity index (χ1n) is 7.14. The van der Waals surface area contributed by atoms with Gasteiger partial charge in [0, 0.05) is 6.54 Å². The summed E-state index contributed by atoms with van der Waals surface area (Å²) < 4.78 is 0. The first-order chi connectivity index (χ1) is 8.88. The lowest BCUT2D eigenvalue weighted by atomic mass is 9.86. The van der Waals surface area contributed by atoms with Gasteiger partial charge in [-0.15, -0.1) is 0 Å². The topological polar surface area (TPSA) is 87.7 Å². The molecule has 0 aromatic rings. The molecular weight excluding hydrogens is 242 g/mol. The number of amides is 1. The van der Waals surface area contributed by atoms with Crippen LogP contribution in [0.5, 0.6) is 0 Å². The van der Waals surface area contributed by atoms with Crippen LogP contribution in [0.15, 0.2) is 5.16 Å². The number of nitrogens with one attached hydrogen (secondary N) is 1. The molecule has 1 aliphatic rings. The zero-order valence-corrected chi connectivity index (χ0v) is 12.3. The molecule has 0 spiro atoms. The van der Waals surface area contributed by atoms with Crippen molar-refractivity contribution in [2.45, 2.75) is 59.3 Å². The maximum absolute atomic E-state index is 12.1. The lowest BCUT2D eigenvalue weighted by Gasteiger charge is -2.26. The van der Waals surface area contributed by atoms with Gasteiger partial charge in [-0.2, -0.15) is 0 Å². The second-order valence-corrected chi connectivity index (χ2v) is 6.37. The van der Waals surface area contributed by atoms with Crippen molar-refractivity contribution in [1.29, 1.82) is 0 Å². The SMILES string of the molecule is CCCCCC(C)(C)CNC(=O)C1(C(N)=NO)CC1. The molecule has 19 heavy (non-hydrogen) atoms. The van der Waals surface area contributed by atoms with Crippen molar-refractivity contribution in [2.24, 2.45) is 21.7 Å². The van der Waals surface area contributed by atoms with Crippen molar-refractivity contribution in [3.63, 3.8) is 0 Å². The van der Waals surface area contributed by atoms with Crippen molar-refractivity contribution in [2.75, 3.05) is 6.54 Å². The molecule has 0 bridgehead atoms. The number of carbonyl (C=O) groups excluding carboxylic acids is 1. The molecule has 4 N–H and O–H groups in total. The predicted molar refractivity (Wildman–Crippen MR) is 76.0 cm³/mol. The Morgan fingerprint density at radius 1 is 1.42 bits per heavy atom. The number of rotatable bonds is 8. The van der Waals surface area contributed by atoms with Crippen LogP contribution < -0.4 is 11.1 Å². The molecule has 5 heteroatoms. The Morgan fingerprint density at radius 2 is 2.05 bits per heavy atom. The van der Waals surface area contributed by atoms with E-state index in [1.165, 1.54) is 19.3 Å². The summed E-state index contributed by atoms with van der Waals surface area (Å²) in [7, 11) is 0. The number of nitrogens with two attached hydrogens (primary N) is 1. The van der Waals surface area contributed by atoms with Crippen LogP contribution >= 0.6 is 0 Å². The van der Waals surface area contributed by atoms with E-state index in [2.05, 4.69) is 31.2 Å². The Hall–Kier alpha value is -1.26. The third-order valence-electron chi connectivity index (χ3n) is 3.97. The highest BCUT2D eigenvalue weighted by Crippen LogP contribution is 2.46. The number of hydrogen-bond acceptors (Lipinski definition) is 3. The van der Waals surface area contributed by atoms with Gasteiger partial charge >= 0.3 is 0 Å². The minimum Gasteiger partial charge on any atom is -0.409 e. The van der Waals surface area contributed by atoms with Crippen LogP contribution in [-0.2, 0) is 4.79 Å². The van der Waals surface area contributed by atoms with Crippen LogP contribution in [0, 0.1) is 10.8 Å². The molecule has 0 unspecified atom stereocenters. The van der Waals surface area contributed by atoms with Gasteiger partial charge in [-0.1, -0.05) is 45.2 Å². The smallest absolute Gasteiger partial charge is 0.233 e. The number of carbonyl (C=O) groups is 1. The Morgan fingerprint density at radius 3 is 2.53 bits per heavy atom. The first kappa shape index (κ1) is 15.8. The maximum Gasteiger partial charge on any atom is 0.233 e. The van der Waals surface area contributed by atoms with E-state index < -0.39 is 5.41 Å². The Labute approximate surface area is 115 Å². The van der Waals surface area contributed by atoms with E-state index in [9.17, 15) is 4.79 Å². The zero-order chi connectivity index (χ0) is 14.5. The third kappa shape index (κ3) is 4.11. The number of nitrogens with zero attached hydrogens (tertiary/aromatic N) is 1. The summed E-state index contributed by atoms with van der Waals surface area (Å²) in [6.45, 7) is 7.14. The van der Waals surface area contributed by atoms with Crippen molar-refractivity contribution in [3.05, 3.63) is 0 Å². The van der Waals surface area contributed by atoms with Gasteiger partial charge in [-0.25, -0.2) is 0 Å². The highest BCUT2D eigenvalue weighted by molar-refractivity contribution is 6.09. The van der Waals surface area contributed by atoms with Gasteiger partial charge in [0.2, 0.25) is 5.91 Å². The van der Waals surface area contributed by atoms with Gasteiger partial charge in [-0.05, 0) is 24.7 Å². The molecule has 0 aliphatic heterocycles. The molecule has 1 aliphatic carbocycles. The van der Waals surface area contributed by atoms with Crippen LogP contribution in [0.3, 0.4) is 0 Å². The quantitative estimate of drug-likeness (QED) is 0.207. The zero-order valence-electron chi connectivity index (χ0n) is 12.3. The van der Waals surface area contributed by atoms with Crippen molar-refractivity contribution in [1.82, 2.24) is 5.32 Å². The molecule has 1 amide bonds. The number of amidine groups is 1. The molecule has 0 aromatic carbocycles. The molecule has 110 valence electrons. The normalized spacial score (nSPS) is 18.2. The van der Waals surface area contributed by atoms with Gasteiger partial charge in [-0.3, -0.25) is 4.79 Å². The number of oxime groups is 1. The largest absolute Gasteiger partial charge is 0.409 e. The van der Waals surface area contributed by atoms with Gasteiger partial charge in [0.1, 0.15) is 5.41 Å². The van der Waals surface area contributed by atoms with E-state index in [0.717, 1.165) is 6.42 Å². The van der Waals surface area contributed by atoms with Crippen molar-refractivity contribution >= 4 is 11.7 Å². The average molecular weight is 269 g/mol. The van der Waals surface area contributed by atoms with Gasteiger partial charge in [0.25, 0.3) is 0 Å². The second kappa shape index (κ2) is 6.26. The minimum absolute atomic E-state index is 0.0359. The monoisotopic (exact) mass is 269 g/mol. The molecule has 0 atom stereocenters. The fourth-order valence-corrected chi connectivity index (χ4v) is 2.25. The lowest BCUT2D eigenvalue weighted by molar-refractivity contribution is -0.124. The molecule has 0 aromatic heterocycles. The molecule has 0 heterocycles. The summed E-state index contributed by atoms with van der Waals surface area (Å²) in [6.07, 6.45) is 6.05. The number of unbranched alkanes of at least 4 members (excludes halogenated alkanes) is 2. The minimum atomic E-state index is -0.742. The van der Waals surface area contributed by atoms with Crippen LogP contribution in [0.1, 0.15) is 59.3 Å². The fourth-order valence-electron chi connectivity index (χ4n) is 2.25. The molecule has 0 saturated heterocycles. The van der Waals surface area contributed by atoms with E-state index in [0.29, 0.717) is 19.4 Å². The Kier molecular flexibility index (Phi) is 5.20. The lowest BCUT2D eigenvalue weighted by Crippen LogP contribution is -2.43. The summed E-state index contributed by atoms with van der Waals surface area (Å²) >= 11 is 0. The summed E-state index contributed by atoms with van der Waals surface area (Å²) in [4.78, 5) is 12.1. The standard InChI is InChI=1S/C14H27N3O2/c1-4-5-6-7-13(2,3)10-16-12(18)14(8-9-14)11(15)17-19/h19H,4-10H2,1-3H3,(H2,15,17)(H,16,18). The van der Waals surface area contributed by atoms with Gasteiger partial charge in [0.15, 0.2) is 5.84 Å². The summed E-state index contributed by atoms with van der Waals surface area (Å²) in [5.74, 6) is -0.0693. The van der Waals surface area contributed by atoms with Crippen molar-refractivity contribution < 1.29 is 10.0 Å². The summed E-state index contributed by atoms with van der Waals surface area (Å²) in [5.41, 5.74) is 4.94. The van der Waals surface area contributed by atoms with Crippen LogP contribution in [0.25, 0.3) is 0 Å². The number of hydrogen-bond donors (Lipinski definition) is 3. The highest BCUT2D eigenvalue weighted by atomic mass is 16.4. The first-order valence-corrected chi connectivity index (χ1v) is 7.14. The fraction of sp³-hybridized carbons (Fsp3) is 0.857. The van der Waals surface area contributed by atoms with E-state index >= 15 is 0 Å². The predicted octanol–water partition coefficient (Wildman–Crippen LogP) is 2.24. The van der Waals surface area contributed by atoms with Crippen LogP contribution in [0.4, 0.5) is 0 Å². The molecule has 1 saturated carbocycles. The average Bonchev–Trinajstić information content (AvgIpc) is 3.17. The molecular formula is C14H27N3O2. The molecule has 1 fully saturated rings. The molecule has 1 rings (SSSR count). The van der Waals surface area contributed by atoms with Crippen molar-refractivity contribution in [3.8, 4) is 0 Å². The van der Waals surface area contributed by atoms with Gasteiger partial charge in [0.05, 0.1) is 0 Å². The van der Waals surface area contributed by atoms with Crippen LogP contribution in [-0.4, -0.2) is 23.5 Å². The van der Waals surface area contributed by atoms with Crippen LogP contribution in [0.2, 0.25) is 0 Å². The van der Waals surface area contributed by atoms with E-state index in [1.807, 2.05) is 0 Å². The highest BCUT2D eigenvalue weighted by Gasteiger charge is 2.54. The molecule has 5 nitrogen and oxygen atoms in total. The maximum atomic E-state index is 12.1. The van der Waals surface area contributed by atoms with E-state index in [4.69, 9.17) is 10.9 Å². The molecule has 0 radical (unpaired) electrons. The Balaban J connectivity index is 2.42. The van der Waals surface area contributed by atoms with E-state index in [-0.39, 0.29) is 17.2 Å². The van der Waals surface area contributed by atoms with E-state index in [1.54, 1.807) is 0 Å². The Bertz CT molecular complexity index is 347. The second-order valence-electron chi connectivity index (χ2n) is 6.37. The summed E-state index contributed by atoms with van der Waals surface area (Å²) in [5, 5.41) is 14.7.